The van der Waals surface area contributed by atoms with Crippen LogP contribution in [0, 0.1) is 0 Å². The Morgan fingerprint density at radius 1 is 1.19 bits per heavy atom. The summed E-state index contributed by atoms with van der Waals surface area (Å²) in [5.41, 5.74) is 2.49. The van der Waals surface area contributed by atoms with Crippen molar-refractivity contribution in [1.29, 1.82) is 0 Å². The number of rotatable bonds is 4. The van der Waals surface area contributed by atoms with Gasteiger partial charge in [0, 0.05) is 21.1 Å². The van der Waals surface area contributed by atoms with Crippen molar-refractivity contribution in [3.05, 3.63) is 64.1 Å². The molecular formula is C16H12BrNO2S. The van der Waals surface area contributed by atoms with E-state index in [2.05, 4.69) is 39.1 Å². The molecule has 2 aromatic carbocycles. The van der Waals surface area contributed by atoms with Crippen LogP contribution < -0.4 is 0 Å². The lowest BCUT2D eigenvalue weighted by Crippen LogP contribution is -1.96. The summed E-state index contributed by atoms with van der Waals surface area (Å²) in [6, 6.07) is 15.4. The lowest BCUT2D eigenvalue weighted by atomic mass is 10.1. The fourth-order valence-electron chi connectivity index (χ4n) is 2.08. The average Bonchev–Trinajstić information content (AvgIpc) is 2.88. The Morgan fingerprint density at radius 3 is 2.71 bits per heavy atom. The molecule has 3 aromatic rings. The van der Waals surface area contributed by atoms with Crippen LogP contribution in [0.4, 0.5) is 0 Å². The van der Waals surface area contributed by atoms with Crippen molar-refractivity contribution >= 4 is 44.6 Å². The van der Waals surface area contributed by atoms with E-state index in [9.17, 15) is 4.79 Å². The van der Waals surface area contributed by atoms with Crippen molar-refractivity contribution in [2.45, 2.75) is 10.8 Å². The first kappa shape index (κ1) is 14.2. The molecule has 1 aromatic heterocycles. The summed E-state index contributed by atoms with van der Waals surface area (Å²) in [4.78, 5) is 14.3. The summed E-state index contributed by atoms with van der Waals surface area (Å²) in [5.74, 6) is -0.140. The van der Waals surface area contributed by atoms with Crippen LogP contribution in [0.5, 0.6) is 0 Å². The molecule has 0 bridgehead atoms. The maximum absolute atomic E-state index is 10.9. The van der Waals surface area contributed by atoms with E-state index >= 15 is 0 Å². The van der Waals surface area contributed by atoms with Crippen LogP contribution in [-0.4, -0.2) is 16.1 Å². The second-order valence-electron chi connectivity index (χ2n) is 4.62. The normalized spacial score (nSPS) is 10.9. The van der Waals surface area contributed by atoms with Crippen LogP contribution in [0.15, 0.2) is 58.0 Å². The van der Waals surface area contributed by atoms with Crippen LogP contribution in [-0.2, 0) is 5.75 Å². The summed E-state index contributed by atoms with van der Waals surface area (Å²) in [6.07, 6.45) is 0. The number of aromatic carboxylic acids is 1. The minimum absolute atomic E-state index is 0.293. The molecule has 0 unspecified atom stereocenters. The van der Waals surface area contributed by atoms with Crippen molar-refractivity contribution in [1.82, 2.24) is 4.98 Å². The maximum Gasteiger partial charge on any atom is 0.335 e. The van der Waals surface area contributed by atoms with Gasteiger partial charge in [-0.05, 0) is 29.8 Å². The number of carboxylic acid groups (broad SMARTS) is 1. The number of aromatic amines is 1. The van der Waals surface area contributed by atoms with E-state index in [4.69, 9.17) is 5.11 Å². The highest BCUT2D eigenvalue weighted by molar-refractivity contribution is 9.10. The third-order valence-corrected chi connectivity index (χ3v) is 4.91. The largest absolute Gasteiger partial charge is 0.478 e. The Balaban J connectivity index is 1.76. The Bertz CT molecular complexity index is 780. The molecule has 3 rings (SSSR count). The van der Waals surface area contributed by atoms with Crippen molar-refractivity contribution < 1.29 is 9.90 Å². The monoisotopic (exact) mass is 361 g/mol. The fourth-order valence-corrected chi connectivity index (χ4v) is 3.74. The molecule has 0 aliphatic rings. The zero-order valence-electron chi connectivity index (χ0n) is 11.0. The van der Waals surface area contributed by atoms with Crippen LogP contribution in [0.1, 0.15) is 15.9 Å². The number of hydrogen-bond acceptors (Lipinski definition) is 2. The number of para-hydroxylation sites is 1. The van der Waals surface area contributed by atoms with Crippen molar-refractivity contribution in [2.75, 3.05) is 0 Å². The summed E-state index contributed by atoms with van der Waals surface area (Å²) in [5, 5.41) is 11.3. The molecule has 106 valence electrons. The minimum atomic E-state index is -0.912. The number of hydrogen-bond donors (Lipinski definition) is 2. The smallest absolute Gasteiger partial charge is 0.335 e. The molecule has 0 spiro atoms. The Hall–Kier alpha value is -1.72. The van der Waals surface area contributed by atoms with Gasteiger partial charge in [-0.15, -0.1) is 11.8 Å². The molecule has 3 nitrogen and oxygen atoms in total. The Labute approximate surface area is 134 Å². The standard InChI is InChI=1S/C16H12BrNO2S/c17-13-7-11(16(19)20)5-6-12(13)9-21-15-8-10-3-1-2-4-14(10)18-15/h1-8,18H,9H2,(H,19,20). The van der Waals surface area contributed by atoms with Gasteiger partial charge in [-0.1, -0.05) is 40.2 Å². The van der Waals surface area contributed by atoms with E-state index in [1.165, 1.54) is 5.39 Å². The third kappa shape index (κ3) is 3.14. The first-order valence-electron chi connectivity index (χ1n) is 6.36. The molecule has 0 atom stereocenters. The number of fused-ring (bicyclic) bond motifs is 1. The molecule has 0 saturated heterocycles. The van der Waals surface area contributed by atoms with Gasteiger partial charge in [-0.25, -0.2) is 4.79 Å². The van der Waals surface area contributed by atoms with Gasteiger partial charge in [-0.3, -0.25) is 0 Å². The minimum Gasteiger partial charge on any atom is -0.478 e. The predicted molar refractivity (Wildman–Crippen MR) is 89.0 cm³/mol. The van der Waals surface area contributed by atoms with E-state index in [1.807, 2.05) is 18.2 Å². The predicted octanol–water partition coefficient (Wildman–Crippen LogP) is 4.92. The van der Waals surface area contributed by atoms with Gasteiger partial charge in [0.1, 0.15) is 0 Å². The van der Waals surface area contributed by atoms with Gasteiger partial charge >= 0.3 is 5.97 Å². The van der Waals surface area contributed by atoms with E-state index < -0.39 is 5.97 Å². The molecule has 2 N–H and O–H groups in total. The molecule has 1 heterocycles. The molecule has 0 aliphatic carbocycles. The van der Waals surface area contributed by atoms with Crippen molar-refractivity contribution in [2.24, 2.45) is 0 Å². The number of benzene rings is 2. The number of H-pyrrole nitrogens is 1. The third-order valence-electron chi connectivity index (χ3n) is 3.19. The average molecular weight is 362 g/mol. The number of nitrogens with one attached hydrogen (secondary N) is 1. The van der Waals surface area contributed by atoms with Crippen LogP contribution in [0.3, 0.4) is 0 Å². The number of carboxylic acids is 1. The van der Waals surface area contributed by atoms with Gasteiger partial charge in [0.2, 0.25) is 0 Å². The van der Waals surface area contributed by atoms with E-state index in [0.717, 1.165) is 26.3 Å². The van der Waals surface area contributed by atoms with Crippen molar-refractivity contribution in [3.63, 3.8) is 0 Å². The number of thioether (sulfide) groups is 1. The summed E-state index contributed by atoms with van der Waals surface area (Å²) < 4.78 is 0.825. The zero-order valence-corrected chi connectivity index (χ0v) is 13.4. The van der Waals surface area contributed by atoms with E-state index in [0.29, 0.717) is 5.56 Å². The van der Waals surface area contributed by atoms with Crippen LogP contribution in [0.2, 0.25) is 0 Å². The first-order chi connectivity index (χ1) is 10.1. The number of carbonyl (C=O) groups is 1. The SMILES string of the molecule is O=C(O)c1ccc(CSc2cc3ccccc3[nH]2)c(Br)c1. The zero-order chi connectivity index (χ0) is 14.8. The number of halogens is 1. The molecule has 0 saturated carbocycles. The Kier molecular flexibility index (Phi) is 4.03. The van der Waals surface area contributed by atoms with E-state index in [1.54, 1.807) is 23.9 Å². The summed E-state index contributed by atoms with van der Waals surface area (Å²) in [6.45, 7) is 0. The first-order valence-corrected chi connectivity index (χ1v) is 8.13. The summed E-state index contributed by atoms with van der Waals surface area (Å²) in [7, 11) is 0. The topological polar surface area (TPSA) is 53.1 Å². The summed E-state index contributed by atoms with van der Waals surface area (Å²) >= 11 is 5.13. The van der Waals surface area contributed by atoms with Crippen molar-refractivity contribution in [3.8, 4) is 0 Å². The second-order valence-corrected chi connectivity index (χ2v) is 6.49. The Morgan fingerprint density at radius 2 is 2.00 bits per heavy atom. The molecule has 0 fully saturated rings. The molecular weight excluding hydrogens is 350 g/mol. The highest BCUT2D eigenvalue weighted by Crippen LogP contribution is 2.29. The van der Waals surface area contributed by atoms with Gasteiger partial charge in [0.15, 0.2) is 0 Å². The molecule has 21 heavy (non-hydrogen) atoms. The van der Waals surface area contributed by atoms with Crippen LogP contribution in [0.25, 0.3) is 10.9 Å². The molecule has 5 heteroatoms. The molecule has 0 amide bonds. The van der Waals surface area contributed by atoms with Gasteiger partial charge < -0.3 is 10.1 Å². The van der Waals surface area contributed by atoms with Gasteiger partial charge in [-0.2, -0.15) is 0 Å². The quantitative estimate of drug-likeness (QED) is 0.648. The lowest BCUT2D eigenvalue weighted by molar-refractivity contribution is 0.0697. The number of aromatic nitrogens is 1. The maximum atomic E-state index is 10.9. The lowest BCUT2D eigenvalue weighted by Gasteiger charge is -2.04. The highest BCUT2D eigenvalue weighted by atomic mass is 79.9. The van der Waals surface area contributed by atoms with E-state index in [-0.39, 0.29) is 0 Å². The van der Waals surface area contributed by atoms with Gasteiger partial charge in [0.25, 0.3) is 0 Å². The fraction of sp³-hybridized carbons (Fsp3) is 0.0625. The van der Waals surface area contributed by atoms with Crippen LogP contribution >= 0.6 is 27.7 Å². The molecule has 0 radical (unpaired) electrons. The van der Waals surface area contributed by atoms with Gasteiger partial charge in [0.05, 0.1) is 10.6 Å². The highest BCUT2D eigenvalue weighted by Gasteiger charge is 2.08. The molecule has 0 aliphatic heterocycles. The second kappa shape index (κ2) is 5.95.